The predicted octanol–water partition coefficient (Wildman–Crippen LogP) is 3.68. The van der Waals surface area contributed by atoms with Gasteiger partial charge in [-0.1, -0.05) is 30.3 Å². The van der Waals surface area contributed by atoms with Crippen LogP contribution in [0.2, 0.25) is 0 Å². The first-order valence-electron chi connectivity index (χ1n) is 8.99. The molecule has 2 rings (SSSR count). The predicted molar refractivity (Wildman–Crippen MR) is 107 cm³/mol. The molecule has 0 heterocycles. The molecule has 0 radical (unpaired) electrons. The van der Waals surface area contributed by atoms with E-state index in [2.05, 4.69) is 10.6 Å². The van der Waals surface area contributed by atoms with E-state index in [0.717, 1.165) is 11.3 Å². The molecule has 3 amide bonds. The van der Waals surface area contributed by atoms with Crippen molar-refractivity contribution in [1.82, 2.24) is 10.2 Å². The Morgan fingerprint density at radius 1 is 1.07 bits per heavy atom. The lowest BCUT2D eigenvalue weighted by molar-refractivity contribution is 0.0774. The van der Waals surface area contributed by atoms with E-state index in [1.807, 2.05) is 45.0 Å². The van der Waals surface area contributed by atoms with Gasteiger partial charge >= 0.3 is 6.03 Å². The van der Waals surface area contributed by atoms with E-state index in [1.165, 1.54) is 0 Å². The third kappa shape index (κ3) is 6.02. The van der Waals surface area contributed by atoms with E-state index in [0.29, 0.717) is 24.4 Å². The molecule has 27 heavy (non-hydrogen) atoms. The van der Waals surface area contributed by atoms with Gasteiger partial charge in [-0.2, -0.15) is 0 Å². The maximum absolute atomic E-state index is 12.8. The van der Waals surface area contributed by atoms with Crippen LogP contribution in [0.4, 0.5) is 10.5 Å². The van der Waals surface area contributed by atoms with Crippen molar-refractivity contribution in [3.05, 3.63) is 59.7 Å². The fourth-order valence-corrected chi connectivity index (χ4v) is 2.52. The molecule has 0 unspecified atom stereocenters. The molecule has 0 saturated heterocycles. The van der Waals surface area contributed by atoms with Gasteiger partial charge in [0.2, 0.25) is 0 Å². The molecule has 0 aliphatic rings. The van der Waals surface area contributed by atoms with E-state index in [1.54, 1.807) is 36.2 Å². The van der Waals surface area contributed by atoms with Crippen molar-refractivity contribution in [2.45, 2.75) is 26.8 Å². The van der Waals surface area contributed by atoms with Gasteiger partial charge in [0.15, 0.2) is 0 Å². The van der Waals surface area contributed by atoms with Crippen LogP contribution in [0.25, 0.3) is 0 Å². The highest BCUT2D eigenvalue weighted by Crippen LogP contribution is 2.18. The van der Waals surface area contributed by atoms with Gasteiger partial charge in [0.1, 0.15) is 12.4 Å². The van der Waals surface area contributed by atoms with Crippen LogP contribution in [-0.2, 0) is 0 Å². The summed E-state index contributed by atoms with van der Waals surface area (Å²) in [6, 6.07) is 14.4. The third-order valence-electron chi connectivity index (χ3n) is 3.95. The van der Waals surface area contributed by atoms with E-state index >= 15 is 0 Å². The number of carbonyl (C=O) groups is 2. The van der Waals surface area contributed by atoms with Crippen molar-refractivity contribution in [3.63, 3.8) is 0 Å². The first-order chi connectivity index (χ1) is 12.9. The van der Waals surface area contributed by atoms with E-state index < -0.39 is 0 Å². The summed E-state index contributed by atoms with van der Waals surface area (Å²) >= 11 is 0. The summed E-state index contributed by atoms with van der Waals surface area (Å²) in [4.78, 5) is 26.3. The summed E-state index contributed by atoms with van der Waals surface area (Å²) in [5.41, 5.74) is 1.97. The van der Waals surface area contributed by atoms with Crippen LogP contribution in [0.1, 0.15) is 29.8 Å². The second-order valence-electron chi connectivity index (χ2n) is 6.64. The molecule has 0 atom stereocenters. The normalized spacial score (nSPS) is 10.4. The summed E-state index contributed by atoms with van der Waals surface area (Å²) < 4.78 is 5.76. The third-order valence-corrected chi connectivity index (χ3v) is 3.95. The Bertz CT molecular complexity index is 790. The van der Waals surface area contributed by atoms with Crippen LogP contribution in [0.3, 0.4) is 0 Å². The highest BCUT2D eigenvalue weighted by Gasteiger charge is 2.17. The Hall–Kier alpha value is -3.02. The first kappa shape index (κ1) is 20.3. The molecule has 0 fully saturated rings. The van der Waals surface area contributed by atoms with Crippen molar-refractivity contribution in [2.75, 3.05) is 25.5 Å². The maximum atomic E-state index is 12.8. The minimum Gasteiger partial charge on any atom is -0.491 e. The van der Waals surface area contributed by atoms with Crippen LogP contribution in [0.15, 0.2) is 48.5 Å². The topological polar surface area (TPSA) is 70.7 Å². The second-order valence-corrected chi connectivity index (χ2v) is 6.64. The van der Waals surface area contributed by atoms with Gasteiger partial charge in [0, 0.05) is 13.1 Å². The second kappa shape index (κ2) is 9.62. The molecule has 0 aliphatic carbocycles. The maximum Gasteiger partial charge on any atom is 0.319 e. The molecule has 0 saturated carbocycles. The van der Waals surface area contributed by atoms with Crippen molar-refractivity contribution < 1.29 is 14.3 Å². The van der Waals surface area contributed by atoms with Crippen LogP contribution in [0, 0.1) is 6.92 Å². The number of hydrogen-bond acceptors (Lipinski definition) is 3. The zero-order valence-corrected chi connectivity index (χ0v) is 16.3. The number of nitrogens with zero attached hydrogens (tertiary/aromatic N) is 1. The molecule has 2 N–H and O–H groups in total. The first-order valence-corrected chi connectivity index (χ1v) is 8.99. The zero-order valence-electron chi connectivity index (χ0n) is 16.3. The van der Waals surface area contributed by atoms with Gasteiger partial charge in [-0.25, -0.2) is 4.79 Å². The molecule has 6 heteroatoms. The molecular weight excluding hydrogens is 342 g/mol. The van der Waals surface area contributed by atoms with Crippen LogP contribution >= 0.6 is 0 Å². The molecule has 6 nitrogen and oxygen atoms in total. The van der Waals surface area contributed by atoms with E-state index in [4.69, 9.17) is 4.74 Å². The lowest BCUT2D eigenvalue weighted by Crippen LogP contribution is -2.35. The SMILES string of the molecule is Cc1ccccc1OCCN(C)C(=O)c1ccccc1NC(=O)NC(C)C. The van der Waals surface area contributed by atoms with Crippen molar-refractivity contribution >= 4 is 17.6 Å². The molecule has 0 aliphatic heterocycles. The summed E-state index contributed by atoms with van der Waals surface area (Å²) in [7, 11) is 1.72. The number of urea groups is 1. The van der Waals surface area contributed by atoms with Crippen molar-refractivity contribution in [2.24, 2.45) is 0 Å². The molecular formula is C21H27N3O3. The lowest BCUT2D eigenvalue weighted by atomic mass is 10.1. The number of aryl methyl sites for hydroxylation is 1. The summed E-state index contributed by atoms with van der Waals surface area (Å²) in [6.07, 6.45) is 0. The summed E-state index contributed by atoms with van der Waals surface area (Å²) in [5, 5.41) is 5.49. The average Bonchev–Trinajstić information content (AvgIpc) is 2.62. The van der Waals surface area contributed by atoms with Crippen LogP contribution in [0.5, 0.6) is 5.75 Å². The number of carbonyl (C=O) groups excluding carboxylic acids is 2. The lowest BCUT2D eigenvalue weighted by Gasteiger charge is -2.20. The number of hydrogen-bond donors (Lipinski definition) is 2. The van der Waals surface area contributed by atoms with Crippen LogP contribution in [-0.4, -0.2) is 43.1 Å². The molecule has 2 aromatic carbocycles. The monoisotopic (exact) mass is 369 g/mol. The molecule has 144 valence electrons. The number of anilines is 1. The van der Waals surface area contributed by atoms with Gasteiger partial charge < -0.3 is 20.3 Å². The van der Waals surface area contributed by atoms with E-state index in [9.17, 15) is 9.59 Å². The summed E-state index contributed by atoms with van der Waals surface area (Å²) in [6.45, 7) is 6.54. The number of likely N-dealkylation sites (N-methyl/N-ethyl adjacent to an activating group) is 1. The quantitative estimate of drug-likeness (QED) is 0.782. The van der Waals surface area contributed by atoms with E-state index in [-0.39, 0.29) is 18.0 Å². The van der Waals surface area contributed by atoms with Crippen LogP contribution < -0.4 is 15.4 Å². The fraction of sp³-hybridized carbons (Fsp3) is 0.333. The van der Waals surface area contributed by atoms with Gasteiger partial charge in [0.25, 0.3) is 5.91 Å². The zero-order chi connectivity index (χ0) is 19.8. The van der Waals surface area contributed by atoms with Gasteiger partial charge in [-0.3, -0.25) is 4.79 Å². The van der Waals surface area contributed by atoms with Gasteiger partial charge in [-0.05, 0) is 44.5 Å². The Kier molecular flexibility index (Phi) is 7.23. The Morgan fingerprint density at radius 2 is 1.74 bits per heavy atom. The number of benzene rings is 2. The largest absolute Gasteiger partial charge is 0.491 e. The smallest absolute Gasteiger partial charge is 0.319 e. The molecule has 0 spiro atoms. The number of ether oxygens (including phenoxy) is 1. The number of nitrogens with one attached hydrogen (secondary N) is 2. The number of amides is 3. The van der Waals surface area contributed by atoms with Gasteiger partial charge in [0.05, 0.1) is 17.8 Å². The number of rotatable bonds is 7. The molecule has 0 aromatic heterocycles. The Morgan fingerprint density at radius 3 is 2.44 bits per heavy atom. The summed E-state index contributed by atoms with van der Waals surface area (Å²) in [5.74, 6) is 0.634. The Labute approximate surface area is 160 Å². The molecule has 2 aromatic rings. The standard InChI is InChI=1S/C21H27N3O3/c1-15(2)22-21(26)23-18-11-7-6-10-17(18)20(25)24(4)13-14-27-19-12-8-5-9-16(19)3/h5-12,15H,13-14H2,1-4H3,(H2,22,23,26). The van der Waals surface area contributed by atoms with Gasteiger partial charge in [-0.15, -0.1) is 0 Å². The van der Waals surface area contributed by atoms with Crippen molar-refractivity contribution in [1.29, 1.82) is 0 Å². The minimum absolute atomic E-state index is 0.00845. The highest BCUT2D eigenvalue weighted by atomic mass is 16.5. The average molecular weight is 369 g/mol. The highest BCUT2D eigenvalue weighted by molar-refractivity contribution is 6.03. The Balaban J connectivity index is 1.98. The minimum atomic E-state index is -0.337. The molecule has 0 bridgehead atoms. The fourth-order valence-electron chi connectivity index (χ4n) is 2.52. The van der Waals surface area contributed by atoms with Crippen molar-refractivity contribution in [3.8, 4) is 5.75 Å². The number of para-hydroxylation sites is 2.